The molecule has 2 rings (SSSR count). The van der Waals surface area contributed by atoms with E-state index in [4.69, 9.17) is 9.84 Å². The second-order valence-corrected chi connectivity index (χ2v) is 3.32. The first-order valence-corrected chi connectivity index (χ1v) is 4.67. The fourth-order valence-electron chi connectivity index (χ4n) is 1.54. The van der Waals surface area contributed by atoms with Crippen molar-refractivity contribution in [3.05, 3.63) is 22.6 Å². The summed E-state index contributed by atoms with van der Waals surface area (Å²) in [6.45, 7) is 0.666. The van der Waals surface area contributed by atoms with Crippen molar-refractivity contribution < 1.29 is 9.84 Å². The van der Waals surface area contributed by atoms with Crippen LogP contribution < -0.4 is 5.56 Å². The van der Waals surface area contributed by atoms with Gasteiger partial charge >= 0.3 is 0 Å². The number of aromatic nitrogens is 2. The average Bonchev–Trinajstić information content (AvgIpc) is 2.19. The zero-order valence-corrected chi connectivity index (χ0v) is 7.72. The van der Waals surface area contributed by atoms with Crippen molar-refractivity contribution in [1.29, 1.82) is 0 Å². The predicted molar refractivity (Wildman–Crippen MR) is 49.0 cm³/mol. The summed E-state index contributed by atoms with van der Waals surface area (Å²) in [6, 6.07) is 1.14. The lowest BCUT2D eigenvalue weighted by Gasteiger charge is -2.22. The normalized spacial score (nSPS) is 22.1. The molecule has 0 saturated carbocycles. The van der Waals surface area contributed by atoms with E-state index in [1.807, 2.05) is 0 Å². The highest BCUT2D eigenvalue weighted by molar-refractivity contribution is 5.10. The molecular formula is C9H12N2O3. The molecule has 2 heterocycles. The molecule has 0 radical (unpaired) electrons. The number of hydrogen-bond acceptors (Lipinski definition) is 4. The molecule has 1 saturated heterocycles. The third-order valence-electron chi connectivity index (χ3n) is 2.24. The molecule has 1 aliphatic rings. The van der Waals surface area contributed by atoms with Crippen LogP contribution in [0.3, 0.4) is 0 Å². The molecule has 0 bridgehead atoms. The quantitative estimate of drug-likeness (QED) is 0.716. The van der Waals surface area contributed by atoms with Crippen molar-refractivity contribution in [3.8, 4) is 5.75 Å². The lowest BCUT2D eigenvalue weighted by molar-refractivity contribution is -0.0425. The summed E-state index contributed by atoms with van der Waals surface area (Å²) in [5, 5.41) is 12.8. The summed E-state index contributed by atoms with van der Waals surface area (Å²) in [6.07, 6.45) is 3.86. The van der Waals surface area contributed by atoms with E-state index in [0.29, 0.717) is 6.61 Å². The molecule has 5 heteroatoms. The number of rotatable bonds is 1. The molecule has 1 aromatic rings. The van der Waals surface area contributed by atoms with Crippen LogP contribution in [0.15, 0.2) is 17.1 Å². The van der Waals surface area contributed by atoms with Gasteiger partial charge in [-0.25, -0.2) is 4.68 Å². The van der Waals surface area contributed by atoms with E-state index in [2.05, 4.69) is 5.10 Å². The summed E-state index contributed by atoms with van der Waals surface area (Å²) in [5.74, 6) is -0.109. The highest BCUT2D eigenvalue weighted by Crippen LogP contribution is 2.19. The Balaban J connectivity index is 2.26. The van der Waals surface area contributed by atoms with Crippen LogP contribution in [0.5, 0.6) is 5.75 Å². The molecule has 0 aliphatic carbocycles. The lowest BCUT2D eigenvalue weighted by atomic mass is 10.2. The van der Waals surface area contributed by atoms with Gasteiger partial charge in [0.2, 0.25) is 0 Å². The molecule has 0 unspecified atom stereocenters. The first kappa shape index (κ1) is 9.21. The van der Waals surface area contributed by atoms with Gasteiger partial charge in [-0.1, -0.05) is 0 Å². The monoisotopic (exact) mass is 196 g/mol. The maximum Gasteiger partial charge on any atom is 0.272 e. The van der Waals surface area contributed by atoms with Crippen molar-refractivity contribution in [2.24, 2.45) is 0 Å². The smallest absolute Gasteiger partial charge is 0.272 e. The Morgan fingerprint density at radius 2 is 2.43 bits per heavy atom. The van der Waals surface area contributed by atoms with Gasteiger partial charge in [0.15, 0.2) is 6.23 Å². The van der Waals surface area contributed by atoms with Crippen LogP contribution in [0.4, 0.5) is 0 Å². The molecule has 0 spiro atoms. The molecular weight excluding hydrogens is 184 g/mol. The third kappa shape index (κ3) is 1.77. The second-order valence-electron chi connectivity index (χ2n) is 3.32. The number of ether oxygens (including phenoxy) is 1. The fourth-order valence-corrected chi connectivity index (χ4v) is 1.54. The fraction of sp³-hybridized carbons (Fsp3) is 0.556. The lowest BCUT2D eigenvalue weighted by Crippen LogP contribution is -2.30. The summed E-state index contributed by atoms with van der Waals surface area (Å²) in [7, 11) is 0. The van der Waals surface area contributed by atoms with E-state index in [1.165, 1.54) is 10.9 Å². The van der Waals surface area contributed by atoms with Crippen molar-refractivity contribution >= 4 is 0 Å². The number of aromatic hydroxyl groups is 1. The van der Waals surface area contributed by atoms with Gasteiger partial charge in [-0.05, 0) is 19.3 Å². The summed E-state index contributed by atoms with van der Waals surface area (Å²) < 4.78 is 6.68. The van der Waals surface area contributed by atoms with Crippen LogP contribution in [0.1, 0.15) is 25.5 Å². The minimum absolute atomic E-state index is 0.109. The van der Waals surface area contributed by atoms with E-state index < -0.39 is 0 Å². The Morgan fingerprint density at radius 1 is 1.57 bits per heavy atom. The summed E-state index contributed by atoms with van der Waals surface area (Å²) in [4.78, 5) is 11.4. The molecule has 0 amide bonds. The van der Waals surface area contributed by atoms with Crippen LogP contribution in [0.2, 0.25) is 0 Å². The van der Waals surface area contributed by atoms with Gasteiger partial charge in [-0.3, -0.25) is 4.79 Å². The van der Waals surface area contributed by atoms with Gasteiger partial charge in [0, 0.05) is 12.7 Å². The largest absolute Gasteiger partial charge is 0.506 e. The average molecular weight is 196 g/mol. The van der Waals surface area contributed by atoms with Crippen LogP contribution in [0, 0.1) is 0 Å². The maximum absolute atomic E-state index is 11.4. The minimum atomic E-state index is -0.322. The van der Waals surface area contributed by atoms with Crippen LogP contribution in [-0.2, 0) is 4.74 Å². The molecule has 0 aromatic carbocycles. The minimum Gasteiger partial charge on any atom is -0.506 e. The third-order valence-corrected chi connectivity index (χ3v) is 2.24. The zero-order valence-electron chi connectivity index (χ0n) is 7.72. The molecule has 76 valence electrons. The Labute approximate surface area is 80.9 Å². The first-order valence-electron chi connectivity index (χ1n) is 4.67. The van der Waals surface area contributed by atoms with Crippen molar-refractivity contribution in [2.75, 3.05) is 6.61 Å². The van der Waals surface area contributed by atoms with Gasteiger partial charge in [0.05, 0.1) is 6.20 Å². The Kier molecular flexibility index (Phi) is 2.49. The van der Waals surface area contributed by atoms with Crippen molar-refractivity contribution in [2.45, 2.75) is 25.5 Å². The van der Waals surface area contributed by atoms with Crippen LogP contribution >= 0.6 is 0 Å². The molecule has 1 fully saturated rings. The predicted octanol–water partition coefficient (Wildman–Crippen LogP) is 0.648. The molecule has 14 heavy (non-hydrogen) atoms. The van der Waals surface area contributed by atoms with Crippen LogP contribution in [0.25, 0.3) is 0 Å². The maximum atomic E-state index is 11.4. The molecule has 5 nitrogen and oxygen atoms in total. The topological polar surface area (TPSA) is 64.3 Å². The summed E-state index contributed by atoms with van der Waals surface area (Å²) >= 11 is 0. The van der Waals surface area contributed by atoms with E-state index in [1.54, 1.807) is 0 Å². The van der Waals surface area contributed by atoms with E-state index in [-0.39, 0.29) is 17.5 Å². The second kappa shape index (κ2) is 3.79. The first-order chi connectivity index (χ1) is 6.77. The summed E-state index contributed by atoms with van der Waals surface area (Å²) in [5.41, 5.74) is -0.322. The molecule has 1 aromatic heterocycles. The van der Waals surface area contributed by atoms with Crippen molar-refractivity contribution in [1.82, 2.24) is 9.78 Å². The molecule has 1 N–H and O–H groups in total. The van der Waals surface area contributed by atoms with Gasteiger partial charge in [0.1, 0.15) is 5.75 Å². The van der Waals surface area contributed by atoms with Gasteiger partial charge in [0.25, 0.3) is 5.56 Å². The highest BCUT2D eigenvalue weighted by atomic mass is 16.5. The van der Waals surface area contributed by atoms with E-state index in [0.717, 1.165) is 25.3 Å². The Hall–Kier alpha value is -1.36. The van der Waals surface area contributed by atoms with Gasteiger partial charge < -0.3 is 9.84 Å². The standard InChI is InChI=1S/C9H12N2O3/c12-7-5-8(13)11(10-6-7)9-3-1-2-4-14-9/h5-6,9,12H,1-4H2/t9-/m0/s1. The zero-order chi connectivity index (χ0) is 9.97. The molecule has 1 atom stereocenters. The number of nitrogens with zero attached hydrogens (tertiary/aromatic N) is 2. The van der Waals surface area contributed by atoms with Crippen molar-refractivity contribution in [3.63, 3.8) is 0 Å². The van der Waals surface area contributed by atoms with Crippen LogP contribution in [-0.4, -0.2) is 21.5 Å². The molecule has 1 aliphatic heterocycles. The van der Waals surface area contributed by atoms with E-state index >= 15 is 0 Å². The Bertz CT molecular complexity index is 369. The van der Waals surface area contributed by atoms with Gasteiger partial charge in [-0.2, -0.15) is 5.10 Å². The highest BCUT2D eigenvalue weighted by Gasteiger charge is 2.17. The van der Waals surface area contributed by atoms with E-state index in [9.17, 15) is 4.79 Å². The van der Waals surface area contributed by atoms with Gasteiger partial charge in [-0.15, -0.1) is 0 Å². The number of hydrogen-bond donors (Lipinski definition) is 1. The Morgan fingerprint density at radius 3 is 3.07 bits per heavy atom. The SMILES string of the molecule is O=c1cc(O)cnn1[C@@H]1CCCCO1.